The summed E-state index contributed by atoms with van der Waals surface area (Å²) in [6.07, 6.45) is 3.26. The molecule has 0 saturated carbocycles. The van der Waals surface area contributed by atoms with Crippen molar-refractivity contribution < 1.29 is 13.2 Å². The van der Waals surface area contributed by atoms with Gasteiger partial charge in [0.1, 0.15) is 5.82 Å². The Bertz CT molecular complexity index is 1220. The van der Waals surface area contributed by atoms with Crippen LogP contribution in [0.2, 0.25) is 0 Å². The minimum Gasteiger partial charge on any atom is -0.337 e. The number of aryl methyl sites for hydroxylation is 2. The van der Waals surface area contributed by atoms with Crippen molar-refractivity contribution in [2.24, 2.45) is 7.05 Å². The van der Waals surface area contributed by atoms with E-state index in [4.69, 9.17) is 0 Å². The molecule has 0 radical (unpaired) electrons. The van der Waals surface area contributed by atoms with Crippen LogP contribution in [0.5, 0.6) is 0 Å². The Labute approximate surface area is 188 Å². The number of carbonyl (C=O) groups is 1. The molecule has 32 heavy (non-hydrogen) atoms. The summed E-state index contributed by atoms with van der Waals surface area (Å²) in [5.41, 5.74) is 1.53. The minimum atomic E-state index is -3.72. The van der Waals surface area contributed by atoms with Gasteiger partial charge in [-0.25, -0.2) is 13.4 Å². The number of carbonyl (C=O) groups excluding carboxylic acids is 1. The number of piperazine rings is 1. The zero-order valence-corrected chi connectivity index (χ0v) is 19.5. The number of fused-ring (bicyclic) bond motifs is 1. The van der Waals surface area contributed by atoms with Crippen LogP contribution in [0, 0.1) is 6.92 Å². The third-order valence-electron chi connectivity index (χ3n) is 5.83. The van der Waals surface area contributed by atoms with Crippen molar-refractivity contribution in [1.29, 1.82) is 0 Å². The maximum atomic E-state index is 13.2. The highest BCUT2D eigenvalue weighted by Gasteiger charge is 2.40. The van der Waals surface area contributed by atoms with Gasteiger partial charge in [0, 0.05) is 50.0 Å². The maximum Gasteiger partial charge on any atom is 0.262 e. The Kier molecular flexibility index (Phi) is 6.02. The van der Waals surface area contributed by atoms with E-state index in [1.807, 2.05) is 49.1 Å². The van der Waals surface area contributed by atoms with Crippen molar-refractivity contribution in [3.8, 4) is 0 Å². The lowest BCUT2D eigenvalue weighted by molar-refractivity contribution is -0.118. The van der Waals surface area contributed by atoms with E-state index in [0.29, 0.717) is 24.6 Å². The number of imidazole rings is 1. The summed E-state index contributed by atoms with van der Waals surface area (Å²) in [6.45, 7) is 6.60. The molecule has 1 aliphatic rings. The van der Waals surface area contributed by atoms with Crippen LogP contribution in [0.1, 0.15) is 19.7 Å². The van der Waals surface area contributed by atoms with Gasteiger partial charge in [0.15, 0.2) is 5.03 Å². The molecule has 170 valence electrons. The highest BCUT2D eigenvalue weighted by atomic mass is 32.2. The fourth-order valence-corrected chi connectivity index (χ4v) is 6.22. The minimum absolute atomic E-state index is 0.0620. The molecule has 0 aliphatic carbocycles. The van der Waals surface area contributed by atoms with Crippen molar-refractivity contribution in [1.82, 2.24) is 23.7 Å². The molecule has 3 heterocycles. The normalized spacial score (nSPS) is 20.5. The standard InChI is InChI=1S/C22H28N6O3S/c1-15-11-27(12-16(2)28(15)32(30,31)22-14-26(4)17(3)24-22)13-21(29)25-20-9-5-8-19-18(20)7-6-10-23-19/h5-10,14-16H,11-13H2,1-4H3,(H,25,29). The van der Waals surface area contributed by atoms with E-state index in [1.165, 1.54) is 4.31 Å². The summed E-state index contributed by atoms with van der Waals surface area (Å²) >= 11 is 0. The molecule has 2 unspecified atom stereocenters. The molecule has 1 amide bonds. The Morgan fingerprint density at radius 2 is 1.88 bits per heavy atom. The zero-order chi connectivity index (χ0) is 23.0. The monoisotopic (exact) mass is 456 g/mol. The molecule has 3 aromatic rings. The van der Waals surface area contributed by atoms with Crippen molar-refractivity contribution in [3.63, 3.8) is 0 Å². The van der Waals surface area contributed by atoms with Gasteiger partial charge < -0.3 is 9.88 Å². The molecule has 1 N–H and O–H groups in total. The number of hydrogen-bond acceptors (Lipinski definition) is 6. The van der Waals surface area contributed by atoms with Gasteiger partial charge in [0.05, 0.1) is 17.7 Å². The van der Waals surface area contributed by atoms with E-state index in [9.17, 15) is 13.2 Å². The van der Waals surface area contributed by atoms with E-state index in [2.05, 4.69) is 15.3 Å². The van der Waals surface area contributed by atoms with Crippen LogP contribution in [0.25, 0.3) is 10.9 Å². The van der Waals surface area contributed by atoms with Gasteiger partial charge in [0.25, 0.3) is 10.0 Å². The largest absolute Gasteiger partial charge is 0.337 e. The average Bonchev–Trinajstić information content (AvgIpc) is 3.07. The highest BCUT2D eigenvalue weighted by molar-refractivity contribution is 7.89. The maximum absolute atomic E-state index is 13.2. The Morgan fingerprint density at radius 1 is 1.16 bits per heavy atom. The van der Waals surface area contributed by atoms with Crippen LogP contribution >= 0.6 is 0 Å². The molecule has 0 spiro atoms. The van der Waals surface area contributed by atoms with Crippen molar-refractivity contribution >= 4 is 32.5 Å². The van der Waals surface area contributed by atoms with Crippen LogP contribution in [-0.2, 0) is 21.9 Å². The number of sulfonamides is 1. The lowest BCUT2D eigenvalue weighted by Crippen LogP contribution is -2.59. The summed E-state index contributed by atoms with van der Waals surface area (Å²) in [5, 5.41) is 3.92. The first kappa shape index (κ1) is 22.4. The van der Waals surface area contributed by atoms with Crippen LogP contribution < -0.4 is 5.32 Å². The SMILES string of the molecule is Cc1nc(S(=O)(=O)N2C(C)CN(CC(=O)Nc3cccc4ncccc34)CC2C)cn1C. The van der Waals surface area contributed by atoms with Crippen molar-refractivity contribution in [2.45, 2.75) is 37.9 Å². The van der Waals surface area contributed by atoms with Gasteiger partial charge in [-0.1, -0.05) is 6.07 Å². The Balaban J connectivity index is 1.45. The molecular formula is C22H28N6O3S. The second-order valence-corrected chi connectivity index (χ2v) is 10.2. The number of nitrogens with one attached hydrogen (secondary N) is 1. The quantitative estimate of drug-likeness (QED) is 0.630. The first-order valence-electron chi connectivity index (χ1n) is 10.6. The van der Waals surface area contributed by atoms with E-state index in [1.54, 1.807) is 30.9 Å². The molecule has 10 heteroatoms. The number of nitrogens with zero attached hydrogens (tertiary/aromatic N) is 5. The molecule has 1 aliphatic heterocycles. The van der Waals surface area contributed by atoms with Gasteiger partial charge >= 0.3 is 0 Å². The number of pyridine rings is 1. The van der Waals surface area contributed by atoms with Crippen LogP contribution in [0.15, 0.2) is 47.8 Å². The summed E-state index contributed by atoms with van der Waals surface area (Å²) < 4.78 is 29.6. The second kappa shape index (κ2) is 8.61. The molecule has 2 aromatic heterocycles. The first-order chi connectivity index (χ1) is 15.2. The van der Waals surface area contributed by atoms with Gasteiger partial charge in [-0.15, -0.1) is 0 Å². The molecule has 4 rings (SSSR count). The lowest BCUT2D eigenvalue weighted by Gasteiger charge is -2.42. The molecule has 1 aromatic carbocycles. The predicted octanol–water partition coefficient (Wildman–Crippen LogP) is 2.00. The van der Waals surface area contributed by atoms with E-state index in [-0.39, 0.29) is 29.6 Å². The van der Waals surface area contributed by atoms with Gasteiger partial charge in [0.2, 0.25) is 5.91 Å². The third-order valence-corrected chi connectivity index (χ3v) is 7.83. The molecular weight excluding hydrogens is 428 g/mol. The smallest absolute Gasteiger partial charge is 0.262 e. The zero-order valence-electron chi connectivity index (χ0n) is 18.7. The Hall–Kier alpha value is -2.82. The summed E-state index contributed by atoms with van der Waals surface area (Å²) in [6, 6.07) is 8.79. The lowest BCUT2D eigenvalue weighted by atomic mass is 10.1. The molecule has 1 saturated heterocycles. The first-order valence-corrected chi connectivity index (χ1v) is 12.0. The fraction of sp³-hybridized carbons (Fsp3) is 0.409. The number of rotatable bonds is 5. The number of aromatic nitrogens is 3. The van der Waals surface area contributed by atoms with Crippen molar-refractivity contribution in [2.75, 3.05) is 25.0 Å². The van der Waals surface area contributed by atoms with Gasteiger partial charge in [-0.3, -0.25) is 14.7 Å². The van der Waals surface area contributed by atoms with E-state index >= 15 is 0 Å². The van der Waals surface area contributed by atoms with Crippen LogP contribution in [0.4, 0.5) is 5.69 Å². The van der Waals surface area contributed by atoms with Crippen molar-refractivity contribution in [3.05, 3.63) is 48.5 Å². The van der Waals surface area contributed by atoms with Gasteiger partial charge in [-0.2, -0.15) is 4.31 Å². The highest BCUT2D eigenvalue weighted by Crippen LogP contribution is 2.25. The molecule has 2 atom stereocenters. The summed E-state index contributed by atoms with van der Waals surface area (Å²) in [7, 11) is -1.95. The predicted molar refractivity (Wildman–Crippen MR) is 123 cm³/mol. The average molecular weight is 457 g/mol. The summed E-state index contributed by atoms with van der Waals surface area (Å²) in [4.78, 5) is 23.3. The molecule has 9 nitrogen and oxygen atoms in total. The molecule has 1 fully saturated rings. The van der Waals surface area contributed by atoms with Crippen LogP contribution in [-0.4, -0.2) is 69.8 Å². The number of hydrogen-bond donors (Lipinski definition) is 1. The fourth-order valence-electron chi connectivity index (χ4n) is 4.38. The number of amides is 1. The van der Waals surface area contributed by atoms with Gasteiger partial charge in [-0.05, 0) is 45.0 Å². The summed E-state index contributed by atoms with van der Waals surface area (Å²) in [5.74, 6) is 0.500. The number of anilines is 1. The second-order valence-electron chi connectivity index (χ2n) is 8.39. The third kappa shape index (κ3) is 4.25. The molecule has 0 bridgehead atoms. The van der Waals surface area contributed by atoms with Crippen LogP contribution in [0.3, 0.4) is 0 Å². The van der Waals surface area contributed by atoms with E-state index in [0.717, 1.165) is 10.9 Å². The van der Waals surface area contributed by atoms with E-state index < -0.39 is 10.0 Å². The number of benzene rings is 1. The topological polar surface area (TPSA) is 100 Å². The Morgan fingerprint density at radius 3 is 2.53 bits per heavy atom.